The van der Waals surface area contributed by atoms with Crippen LogP contribution in [0.2, 0.25) is 0 Å². The van der Waals surface area contributed by atoms with Crippen LogP contribution in [0.3, 0.4) is 0 Å². The van der Waals surface area contributed by atoms with Crippen molar-refractivity contribution in [1.82, 2.24) is 0 Å². The molecule has 0 radical (unpaired) electrons. The lowest BCUT2D eigenvalue weighted by Crippen LogP contribution is -2.28. The lowest BCUT2D eigenvalue weighted by Gasteiger charge is -2.14. The second-order valence-electron chi connectivity index (χ2n) is 3.97. The number of carbonyl (C=O) groups is 1. The minimum absolute atomic E-state index is 0.0145. The van der Waals surface area contributed by atoms with Crippen LogP contribution in [0.15, 0.2) is 29.2 Å². The predicted octanol–water partition coefficient (Wildman–Crippen LogP) is 0.624. The molecule has 0 saturated heterocycles. The monoisotopic (exact) mass is 288 g/mol. The van der Waals surface area contributed by atoms with Gasteiger partial charge in [-0.1, -0.05) is 17.7 Å². The number of carbonyl (C=O) groups excluding carboxylic acids is 1. The van der Waals surface area contributed by atoms with E-state index in [0.717, 1.165) is 5.56 Å². The van der Waals surface area contributed by atoms with Gasteiger partial charge in [-0.2, -0.15) is 8.42 Å². The van der Waals surface area contributed by atoms with Gasteiger partial charge in [0, 0.05) is 6.92 Å². The van der Waals surface area contributed by atoms with E-state index in [1.54, 1.807) is 12.1 Å². The summed E-state index contributed by atoms with van der Waals surface area (Å²) in [6.07, 6.45) is -1.12. The molecule has 0 aliphatic heterocycles. The quantitative estimate of drug-likeness (QED) is 0.610. The first-order valence-corrected chi connectivity index (χ1v) is 7.00. The number of esters is 1. The van der Waals surface area contributed by atoms with Gasteiger partial charge in [-0.15, -0.1) is 0 Å². The second kappa shape index (κ2) is 6.65. The highest BCUT2D eigenvalue weighted by molar-refractivity contribution is 7.86. The maximum absolute atomic E-state index is 11.9. The van der Waals surface area contributed by atoms with Crippen LogP contribution in [0.1, 0.15) is 12.5 Å². The highest BCUT2D eigenvalue weighted by atomic mass is 32.2. The summed E-state index contributed by atoms with van der Waals surface area (Å²) in [5, 5.41) is 9.01. The molecular formula is C12H16O6S. The molecule has 1 atom stereocenters. The van der Waals surface area contributed by atoms with Crippen LogP contribution >= 0.6 is 0 Å². The number of rotatable bonds is 6. The van der Waals surface area contributed by atoms with E-state index >= 15 is 0 Å². The average Bonchev–Trinajstić information content (AvgIpc) is 2.34. The Balaban J connectivity index is 2.77. The van der Waals surface area contributed by atoms with Gasteiger partial charge in [-0.25, -0.2) is 0 Å². The molecule has 0 fully saturated rings. The van der Waals surface area contributed by atoms with Crippen molar-refractivity contribution in [2.24, 2.45) is 0 Å². The Kier molecular flexibility index (Phi) is 5.46. The number of aliphatic hydroxyl groups is 1. The van der Waals surface area contributed by atoms with Crippen LogP contribution in [0.4, 0.5) is 0 Å². The maximum atomic E-state index is 11.9. The Hall–Kier alpha value is -1.44. The molecule has 7 heteroatoms. The summed E-state index contributed by atoms with van der Waals surface area (Å²) in [5.41, 5.74) is 0.914. The first-order chi connectivity index (χ1) is 8.85. The number of aliphatic hydroxyl groups excluding tert-OH is 1. The molecule has 0 aliphatic carbocycles. The van der Waals surface area contributed by atoms with E-state index in [1.165, 1.54) is 19.1 Å². The van der Waals surface area contributed by atoms with Gasteiger partial charge < -0.3 is 9.84 Å². The van der Waals surface area contributed by atoms with E-state index < -0.39 is 28.8 Å². The summed E-state index contributed by atoms with van der Waals surface area (Å²) < 4.78 is 33.2. The van der Waals surface area contributed by atoms with Crippen molar-refractivity contribution in [1.29, 1.82) is 0 Å². The number of hydrogen-bond acceptors (Lipinski definition) is 6. The summed E-state index contributed by atoms with van der Waals surface area (Å²) in [4.78, 5) is 10.6. The number of aryl methyl sites for hydroxylation is 1. The van der Waals surface area contributed by atoms with Crippen molar-refractivity contribution < 1.29 is 27.2 Å². The van der Waals surface area contributed by atoms with Gasteiger partial charge in [0.25, 0.3) is 10.1 Å². The molecular weight excluding hydrogens is 272 g/mol. The number of hydrogen-bond donors (Lipinski definition) is 1. The topological polar surface area (TPSA) is 89.9 Å². The van der Waals surface area contributed by atoms with Crippen LogP contribution in [0.5, 0.6) is 0 Å². The van der Waals surface area contributed by atoms with E-state index in [1.807, 2.05) is 6.92 Å². The summed E-state index contributed by atoms with van der Waals surface area (Å²) in [6, 6.07) is 6.09. The van der Waals surface area contributed by atoms with Gasteiger partial charge in [0.2, 0.25) is 0 Å². The van der Waals surface area contributed by atoms with Gasteiger partial charge in [0.05, 0.1) is 11.5 Å². The van der Waals surface area contributed by atoms with Crippen LogP contribution < -0.4 is 0 Å². The Morgan fingerprint density at radius 1 is 1.32 bits per heavy atom. The van der Waals surface area contributed by atoms with Crippen LogP contribution in [-0.4, -0.2) is 38.8 Å². The van der Waals surface area contributed by atoms with Gasteiger partial charge in [0.15, 0.2) is 0 Å². The molecule has 1 N–H and O–H groups in total. The van der Waals surface area contributed by atoms with Gasteiger partial charge in [-0.3, -0.25) is 8.98 Å². The predicted molar refractivity (Wildman–Crippen MR) is 67.0 cm³/mol. The van der Waals surface area contributed by atoms with Crippen molar-refractivity contribution in [2.75, 3.05) is 13.2 Å². The van der Waals surface area contributed by atoms with Gasteiger partial charge in [0.1, 0.15) is 12.7 Å². The van der Waals surface area contributed by atoms with Crippen molar-refractivity contribution in [3.63, 3.8) is 0 Å². The van der Waals surface area contributed by atoms with Crippen molar-refractivity contribution in [3.8, 4) is 0 Å². The zero-order chi connectivity index (χ0) is 14.5. The molecule has 106 valence electrons. The fraction of sp³-hybridized carbons (Fsp3) is 0.417. The lowest BCUT2D eigenvalue weighted by atomic mass is 10.2. The molecule has 0 unspecified atom stereocenters. The standard InChI is InChI=1S/C12H16O6S/c1-9-3-5-12(6-4-9)19(15,16)18-11(7-13)8-17-10(2)14/h3-6,11,13H,7-8H2,1-2H3/t11-/m0/s1. The second-order valence-corrected chi connectivity index (χ2v) is 5.54. The molecule has 0 heterocycles. The SMILES string of the molecule is CC(=O)OC[C@H](CO)OS(=O)(=O)c1ccc(C)cc1. The molecule has 6 nitrogen and oxygen atoms in total. The Bertz CT molecular complexity index is 520. The van der Waals surface area contributed by atoms with E-state index in [-0.39, 0.29) is 11.5 Å². The van der Waals surface area contributed by atoms with Gasteiger partial charge >= 0.3 is 5.97 Å². The molecule has 0 saturated carbocycles. The van der Waals surface area contributed by atoms with E-state index in [9.17, 15) is 13.2 Å². The molecule has 1 aromatic rings. The van der Waals surface area contributed by atoms with Crippen molar-refractivity contribution in [2.45, 2.75) is 24.8 Å². The van der Waals surface area contributed by atoms with Crippen LogP contribution in [0.25, 0.3) is 0 Å². The maximum Gasteiger partial charge on any atom is 0.302 e. The molecule has 0 aliphatic rings. The highest BCUT2D eigenvalue weighted by Crippen LogP contribution is 2.15. The van der Waals surface area contributed by atoms with Crippen LogP contribution in [0, 0.1) is 6.92 Å². The van der Waals surface area contributed by atoms with E-state index in [2.05, 4.69) is 4.74 Å². The number of ether oxygens (including phenoxy) is 1. The first kappa shape index (κ1) is 15.6. The number of benzene rings is 1. The molecule has 0 amide bonds. The van der Waals surface area contributed by atoms with Gasteiger partial charge in [-0.05, 0) is 19.1 Å². The fourth-order valence-corrected chi connectivity index (χ4v) is 2.32. The third-order valence-electron chi connectivity index (χ3n) is 2.25. The normalized spacial score (nSPS) is 13.0. The Labute approximate surface area is 112 Å². The summed E-state index contributed by atoms with van der Waals surface area (Å²) in [7, 11) is -3.99. The minimum atomic E-state index is -3.99. The average molecular weight is 288 g/mol. The molecule has 0 aromatic heterocycles. The summed E-state index contributed by atoms with van der Waals surface area (Å²) >= 11 is 0. The van der Waals surface area contributed by atoms with Crippen molar-refractivity contribution in [3.05, 3.63) is 29.8 Å². The molecule has 0 bridgehead atoms. The largest absolute Gasteiger partial charge is 0.463 e. The van der Waals surface area contributed by atoms with Crippen LogP contribution in [-0.2, 0) is 23.8 Å². The first-order valence-electron chi connectivity index (χ1n) is 5.59. The zero-order valence-corrected chi connectivity index (χ0v) is 11.5. The molecule has 1 aromatic carbocycles. The smallest absolute Gasteiger partial charge is 0.302 e. The molecule has 0 spiro atoms. The summed E-state index contributed by atoms with van der Waals surface area (Å²) in [5.74, 6) is -0.574. The lowest BCUT2D eigenvalue weighted by molar-refractivity contribution is -0.143. The van der Waals surface area contributed by atoms with E-state index in [4.69, 9.17) is 9.29 Å². The zero-order valence-electron chi connectivity index (χ0n) is 10.7. The fourth-order valence-electron chi connectivity index (χ4n) is 1.26. The minimum Gasteiger partial charge on any atom is -0.463 e. The Morgan fingerprint density at radius 2 is 1.89 bits per heavy atom. The molecule has 19 heavy (non-hydrogen) atoms. The highest BCUT2D eigenvalue weighted by Gasteiger charge is 2.22. The summed E-state index contributed by atoms with van der Waals surface area (Å²) in [6.45, 7) is 2.12. The Morgan fingerprint density at radius 3 is 2.37 bits per heavy atom. The van der Waals surface area contributed by atoms with Crippen molar-refractivity contribution >= 4 is 16.1 Å². The van der Waals surface area contributed by atoms with E-state index in [0.29, 0.717) is 0 Å². The molecule has 1 rings (SSSR count). The third kappa shape index (κ3) is 4.98. The third-order valence-corrected chi connectivity index (χ3v) is 3.62.